The van der Waals surface area contributed by atoms with Crippen LogP contribution in [0, 0.1) is 11.3 Å². The zero-order chi connectivity index (χ0) is 7.82. The molecule has 1 unspecified atom stereocenters. The van der Waals surface area contributed by atoms with E-state index in [0.717, 1.165) is 19.3 Å². The van der Waals surface area contributed by atoms with Crippen molar-refractivity contribution in [2.45, 2.75) is 30.5 Å². The molecule has 0 aromatic carbocycles. The van der Waals surface area contributed by atoms with Crippen LogP contribution in [-0.2, 0) is 0 Å². The Labute approximate surface area is 70.0 Å². The van der Waals surface area contributed by atoms with Crippen molar-refractivity contribution in [1.82, 2.24) is 0 Å². The minimum atomic E-state index is 0.245. The van der Waals surface area contributed by atoms with Crippen LogP contribution >= 0.6 is 15.9 Å². The minimum Gasteiger partial charge on any atom is -0.396 e. The second kappa shape index (κ2) is 7.04. The summed E-state index contributed by atoms with van der Waals surface area (Å²) in [7, 11) is 0. The number of aliphatic hydroxyl groups is 1. The highest BCUT2D eigenvalue weighted by Crippen LogP contribution is 2.13. The number of nitriles is 1. The van der Waals surface area contributed by atoms with Gasteiger partial charge in [-0.1, -0.05) is 15.9 Å². The second-order valence-corrected chi connectivity index (χ2v) is 3.45. The average Bonchev–Trinajstić information content (AvgIpc) is 1.97. The summed E-state index contributed by atoms with van der Waals surface area (Å²) in [5, 5.41) is 16.7. The first-order chi connectivity index (χ1) is 4.81. The van der Waals surface area contributed by atoms with E-state index in [2.05, 4.69) is 22.0 Å². The molecule has 0 aromatic heterocycles. The molecule has 0 aliphatic rings. The van der Waals surface area contributed by atoms with Crippen LogP contribution in [0.15, 0.2) is 0 Å². The molecule has 0 rings (SSSR count). The predicted octanol–water partition coefficient (Wildman–Crippen LogP) is 1.83. The molecule has 0 saturated heterocycles. The van der Waals surface area contributed by atoms with E-state index >= 15 is 0 Å². The maximum absolute atomic E-state index is 8.45. The lowest BCUT2D eigenvalue weighted by molar-refractivity contribution is 0.284. The van der Waals surface area contributed by atoms with Gasteiger partial charge in [-0.2, -0.15) is 5.26 Å². The molecule has 0 spiro atoms. The molecule has 0 bridgehead atoms. The summed E-state index contributed by atoms with van der Waals surface area (Å²) < 4.78 is 0. The van der Waals surface area contributed by atoms with Crippen molar-refractivity contribution >= 4 is 15.9 Å². The molecule has 10 heavy (non-hydrogen) atoms. The van der Waals surface area contributed by atoms with Gasteiger partial charge in [-0.15, -0.1) is 0 Å². The number of nitrogens with zero attached hydrogens (tertiary/aromatic N) is 1. The molecule has 58 valence electrons. The van der Waals surface area contributed by atoms with Crippen molar-refractivity contribution in [3.05, 3.63) is 0 Å². The van der Waals surface area contributed by atoms with E-state index in [1.807, 2.05) is 0 Å². The zero-order valence-corrected chi connectivity index (χ0v) is 7.47. The fourth-order valence-electron chi connectivity index (χ4n) is 0.678. The molecule has 0 aliphatic heterocycles. The van der Waals surface area contributed by atoms with Gasteiger partial charge in [0.05, 0.1) is 6.07 Å². The second-order valence-electron chi connectivity index (χ2n) is 2.16. The third-order valence-electron chi connectivity index (χ3n) is 1.24. The SMILES string of the molecule is N#CCCC(Br)CCCO. The van der Waals surface area contributed by atoms with Crippen LogP contribution in [0.25, 0.3) is 0 Å². The third kappa shape index (κ3) is 6.06. The fourth-order valence-corrected chi connectivity index (χ4v) is 1.23. The summed E-state index contributed by atoms with van der Waals surface area (Å²) in [6.07, 6.45) is 3.26. The fraction of sp³-hybridized carbons (Fsp3) is 0.857. The van der Waals surface area contributed by atoms with Crippen LogP contribution in [0.5, 0.6) is 0 Å². The number of aliphatic hydroxyl groups excluding tert-OH is 1. The summed E-state index contributed by atoms with van der Waals surface area (Å²) in [5.74, 6) is 0. The minimum absolute atomic E-state index is 0.245. The molecule has 2 nitrogen and oxygen atoms in total. The van der Waals surface area contributed by atoms with Crippen molar-refractivity contribution in [3.63, 3.8) is 0 Å². The van der Waals surface area contributed by atoms with Gasteiger partial charge >= 0.3 is 0 Å². The van der Waals surface area contributed by atoms with E-state index in [4.69, 9.17) is 10.4 Å². The number of halogens is 1. The van der Waals surface area contributed by atoms with Gasteiger partial charge in [0.1, 0.15) is 0 Å². The Bertz CT molecular complexity index is 111. The lowest BCUT2D eigenvalue weighted by Gasteiger charge is -2.03. The summed E-state index contributed by atoms with van der Waals surface area (Å²) in [4.78, 5) is 0.402. The van der Waals surface area contributed by atoms with E-state index in [1.165, 1.54) is 0 Å². The van der Waals surface area contributed by atoms with Crippen LogP contribution in [0.1, 0.15) is 25.7 Å². The van der Waals surface area contributed by atoms with Crippen LogP contribution < -0.4 is 0 Å². The third-order valence-corrected chi connectivity index (χ3v) is 2.16. The predicted molar refractivity (Wildman–Crippen MR) is 43.9 cm³/mol. The summed E-state index contributed by atoms with van der Waals surface area (Å²) >= 11 is 3.42. The molecular weight excluding hydrogens is 194 g/mol. The van der Waals surface area contributed by atoms with Gasteiger partial charge in [-0.05, 0) is 19.3 Å². The van der Waals surface area contributed by atoms with Gasteiger partial charge in [0.15, 0.2) is 0 Å². The van der Waals surface area contributed by atoms with E-state index in [9.17, 15) is 0 Å². The van der Waals surface area contributed by atoms with Gasteiger partial charge in [0.2, 0.25) is 0 Å². The molecule has 0 heterocycles. The van der Waals surface area contributed by atoms with E-state index in [-0.39, 0.29) is 6.61 Å². The smallest absolute Gasteiger partial charge is 0.0622 e. The highest BCUT2D eigenvalue weighted by molar-refractivity contribution is 9.09. The lowest BCUT2D eigenvalue weighted by Crippen LogP contribution is -1.98. The highest BCUT2D eigenvalue weighted by Gasteiger charge is 2.01. The van der Waals surface area contributed by atoms with Crippen LogP contribution in [-0.4, -0.2) is 16.5 Å². The Balaban J connectivity index is 3.10. The Hall–Kier alpha value is -0.0700. The Morgan fingerprint density at radius 1 is 1.50 bits per heavy atom. The number of hydrogen-bond donors (Lipinski definition) is 1. The maximum atomic E-state index is 8.45. The summed E-state index contributed by atoms with van der Waals surface area (Å²) in [6.45, 7) is 0.245. The quantitative estimate of drug-likeness (QED) is 0.697. The molecule has 0 fully saturated rings. The van der Waals surface area contributed by atoms with Crippen molar-refractivity contribution in [2.75, 3.05) is 6.61 Å². The van der Waals surface area contributed by atoms with Crippen molar-refractivity contribution < 1.29 is 5.11 Å². The number of rotatable bonds is 5. The first-order valence-corrected chi connectivity index (χ1v) is 4.34. The Kier molecular flexibility index (Phi) is 6.99. The molecule has 1 N–H and O–H groups in total. The number of alkyl halides is 1. The van der Waals surface area contributed by atoms with Gasteiger partial charge < -0.3 is 5.11 Å². The van der Waals surface area contributed by atoms with Gasteiger partial charge in [-0.25, -0.2) is 0 Å². The number of hydrogen-bond acceptors (Lipinski definition) is 2. The molecule has 0 radical (unpaired) electrons. The first kappa shape index (κ1) is 9.93. The van der Waals surface area contributed by atoms with E-state index in [1.54, 1.807) is 0 Å². The van der Waals surface area contributed by atoms with Gasteiger partial charge in [0.25, 0.3) is 0 Å². The first-order valence-electron chi connectivity index (χ1n) is 3.43. The average molecular weight is 206 g/mol. The Morgan fingerprint density at radius 2 is 2.20 bits per heavy atom. The van der Waals surface area contributed by atoms with Crippen LogP contribution in [0.2, 0.25) is 0 Å². The highest BCUT2D eigenvalue weighted by atomic mass is 79.9. The molecular formula is C7H12BrNO. The van der Waals surface area contributed by atoms with Crippen molar-refractivity contribution in [1.29, 1.82) is 5.26 Å². The van der Waals surface area contributed by atoms with Crippen LogP contribution in [0.4, 0.5) is 0 Å². The molecule has 0 aliphatic carbocycles. The van der Waals surface area contributed by atoms with E-state index in [0.29, 0.717) is 11.2 Å². The van der Waals surface area contributed by atoms with Crippen molar-refractivity contribution in [3.8, 4) is 6.07 Å². The zero-order valence-electron chi connectivity index (χ0n) is 5.89. The van der Waals surface area contributed by atoms with Gasteiger partial charge in [-0.3, -0.25) is 0 Å². The van der Waals surface area contributed by atoms with Crippen LogP contribution in [0.3, 0.4) is 0 Å². The monoisotopic (exact) mass is 205 g/mol. The van der Waals surface area contributed by atoms with E-state index < -0.39 is 0 Å². The van der Waals surface area contributed by atoms with Crippen molar-refractivity contribution in [2.24, 2.45) is 0 Å². The summed E-state index contributed by atoms with van der Waals surface area (Å²) in [5.41, 5.74) is 0. The molecule has 0 aromatic rings. The topological polar surface area (TPSA) is 44.0 Å². The van der Waals surface area contributed by atoms with Gasteiger partial charge in [0, 0.05) is 17.9 Å². The summed E-state index contributed by atoms with van der Waals surface area (Å²) in [6, 6.07) is 2.08. The molecule has 0 saturated carbocycles. The Morgan fingerprint density at radius 3 is 2.70 bits per heavy atom. The lowest BCUT2D eigenvalue weighted by atomic mass is 10.2. The molecule has 3 heteroatoms. The largest absolute Gasteiger partial charge is 0.396 e. The molecule has 0 amide bonds. The maximum Gasteiger partial charge on any atom is 0.0622 e. The molecule has 1 atom stereocenters. The normalized spacial score (nSPS) is 12.5. The standard InChI is InChI=1S/C7H12BrNO/c8-7(3-1-5-9)4-2-6-10/h7,10H,1-4,6H2.